The van der Waals surface area contributed by atoms with Crippen molar-refractivity contribution in [1.29, 1.82) is 0 Å². The highest BCUT2D eigenvalue weighted by atomic mass is 32.1. The summed E-state index contributed by atoms with van der Waals surface area (Å²) in [5, 5.41) is 2.06. The second-order valence-electron chi connectivity index (χ2n) is 4.96. The SMILES string of the molecule is CCOc1ccccc1C(=O)CN(C)C(C)c1cccs1. The number of ketones is 1. The molecule has 21 heavy (non-hydrogen) atoms. The van der Waals surface area contributed by atoms with Gasteiger partial charge >= 0.3 is 0 Å². The van der Waals surface area contributed by atoms with Gasteiger partial charge in [0.1, 0.15) is 5.75 Å². The lowest BCUT2D eigenvalue weighted by Gasteiger charge is -2.23. The Morgan fingerprint density at radius 2 is 2.05 bits per heavy atom. The zero-order valence-electron chi connectivity index (χ0n) is 12.7. The third kappa shape index (κ3) is 3.93. The summed E-state index contributed by atoms with van der Waals surface area (Å²) in [6.45, 7) is 4.98. The van der Waals surface area contributed by atoms with Crippen LogP contribution in [-0.2, 0) is 0 Å². The molecule has 0 fully saturated rings. The molecule has 0 spiro atoms. The van der Waals surface area contributed by atoms with Crippen LogP contribution in [-0.4, -0.2) is 30.9 Å². The zero-order chi connectivity index (χ0) is 15.2. The van der Waals surface area contributed by atoms with E-state index in [-0.39, 0.29) is 11.8 Å². The second kappa shape index (κ2) is 7.38. The number of para-hydroxylation sites is 1. The van der Waals surface area contributed by atoms with E-state index in [9.17, 15) is 4.79 Å². The standard InChI is InChI=1S/C17H21NO2S/c1-4-20-16-9-6-5-8-14(16)15(19)12-18(3)13(2)17-10-7-11-21-17/h5-11,13H,4,12H2,1-3H3. The van der Waals surface area contributed by atoms with Gasteiger partial charge in [0.05, 0.1) is 18.7 Å². The Morgan fingerprint density at radius 1 is 1.29 bits per heavy atom. The van der Waals surface area contributed by atoms with Crippen molar-refractivity contribution in [3.05, 3.63) is 52.2 Å². The first-order chi connectivity index (χ1) is 10.1. The normalized spacial score (nSPS) is 12.4. The fraction of sp³-hybridized carbons (Fsp3) is 0.353. The van der Waals surface area contributed by atoms with E-state index in [0.717, 1.165) is 0 Å². The summed E-state index contributed by atoms with van der Waals surface area (Å²) in [5.74, 6) is 0.757. The predicted molar refractivity (Wildman–Crippen MR) is 87.3 cm³/mol. The number of rotatable bonds is 7. The first kappa shape index (κ1) is 15.7. The van der Waals surface area contributed by atoms with Crippen LogP contribution in [0.5, 0.6) is 5.75 Å². The van der Waals surface area contributed by atoms with Gasteiger partial charge in [-0.05, 0) is 44.5 Å². The van der Waals surface area contributed by atoms with Gasteiger partial charge in [-0.15, -0.1) is 11.3 Å². The van der Waals surface area contributed by atoms with Crippen LogP contribution >= 0.6 is 11.3 Å². The van der Waals surface area contributed by atoms with Crippen molar-refractivity contribution in [1.82, 2.24) is 4.90 Å². The third-order valence-corrected chi connectivity index (χ3v) is 4.54. The fourth-order valence-electron chi connectivity index (χ4n) is 2.17. The van der Waals surface area contributed by atoms with Crippen molar-refractivity contribution in [2.24, 2.45) is 0 Å². The van der Waals surface area contributed by atoms with Gasteiger partial charge in [0.25, 0.3) is 0 Å². The van der Waals surface area contributed by atoms with Gasteiger partial charge in [-0.3, -0.25) is 9.69 Å². The van der Waals surface area contributed by atoms with Gasteiger partial charge in [0.2, 0.25) is 0 Å². The van der Waals surface area contributed by atoms with Crippen LogP contribution in [0.25, 0.3) is 0 Å². The molecule has 0 amide bonds. The lowest BCUT2D eigenvalue weighted by molar-refractivity contribution is 0.0922. The molecule has 0 aliphatic rings. The van der Waals surface area contributed by atoms with Crippen molar-refractivity contribution < 1.29 is 9.53 Å². The molecular formula is C17H21NO2S. The summed E-state index contributed by atoms with van der Waals surface area (Å²) in [6, 6.07) is 11.8. The smallest absolute Gasteiger partial charge is 0.180 e. The summed E-state index contributed by atoms with van der Waals surface area (Å²) >= 11 is 1.72. The highest BCUT2D eigenvalue weighted by Gasteiger charge is 2.18. The van der Waals surface area contributed by atoms with Gasteiger partial charge in [-0.1, -0.05) is 18.2 Å². The molecule has 1 aromatic carbocycles. The van der Waals surface area contributed by atoms with E-state index in [1.165, 1.54) is 4.88 Å². The van der Waals surface area contributed by atoms with Crippen molar-refractivity contribution >= 4 is 17.1 Å². The summed E-state index contributed by atoms with van der Waals surface area (Å²) < 4.78 is 5.54. The Hall–Kier alpha value is -1.65. The molecule has 0 radical (unpaired) electrons. The monoisotopic (exact) mass is 303 g/mol. The average molecular weight is 303 g/mol. The molecule has 112 valence electrons. The van der Waals surface area contributed by atoms with Crippen molar-refractivity contribution in [2.45, 2.75) is 19.9 Å². The number of thiophene rings is 1. The number of hydrogen-bond acceptors (Lipinski definition) is 4. The summed E-state index contributed by atoms with van der Waals surface area (Å²) in [6.07, 6.45) is 0. The van der Waals surface area contributed by atoms with E-state index in [0.29, 0.717) is 24.5 Å². The maximum Gasteiger partial charge on any atom is 0.180 e. The van der Waals surface area contributed by atoms with E-state index < -0.39 is 0 Å². The number of hydrogen-bond donors (Lipinski definition) is 0. The maximum atomic E-state index is 12.5. The molecule has 0 bridgehead atoms. The van der Waals surface area contributed by atoms with E-state index in [2.05, 4.69) is 23.3 Å². The minimum absolute atomic E-state index is 0.0879. The fourth-order valence-corrected chi connectivity index (χ4v) is 3.02. The summed E-state index contributed by atoms with van der Waals surface area (Å²) in [4.78, 5) is 15.8. The lowest BCUT2D eigenvalue weighted by atomic mass is 10.1. The van der Waals surface area contributed by atoms with Gasteiger partial charge in [-0.2, -0.15) is 0 Å². The van der Waals surface area contributed by atoms with Gasteiger partial charge < -0.3 is 4.74 Å². The topological polar surface area (TPSA) is 29.5 Å². The van der Waals surface area contributed by atoms with Crippen molar-refractivity contribution in [3.8, 4) is 5.75 Å². The molecule has 0 aliphatic carbocycles. The lowest BCUT2D eigenvalue weighted by Crippen LogP contribution is -2.28. The third-order valence-electron chi connectivity index (χ3n) is 3.50. The highest BCUT2D eigenvalue weighted by Crippen LogP contribution is 2.24. The highest BCUT2D eigenvalue weighted by molar-refractivity contribution is 7.10. The molecule has 0 saturated heterocycles. The molecule has 1 unspecified atom stereocenters. The number of nitrogens with zero attached hydrogens (tertiary/aromatic N) is 1. The van der Waals surface area contributed by atoms with Crippen LogP contribution in [0.4, 0.5) is 0 Å². The largest absolute Gasteiger partial charge is 0.493 e. The van der Waals surface area contributed by atoms with Crippen LogP contribution in [0, 0.1) is 0 Å². The van der Waals surface area contributed by atoms with Crippen LogP contribution in [0.1, 0.15) is 35.1 Å². The van der Waals surface area contributed by atoms with E-state index in [1.54, 1.807) is 11.3 Å². The van der Waals surface area contributed by atoms with Gasteiger partial charge in [0.15, 0.2) is 5.78 Å². The second-order valence-corrected chi connectivity index (χ2v) is 5.94. The minimum atomic E-state index is 0.0879. The number of carbonyl (C=O) groups is 1. The van der Waals surface area contributed by atoms with E-state index >= 15 is 0 Å². The Kier molecular flexibility index (Phi) is 5.53. The van der Waals surface area contributed by atoms with Gasteiger partial charge in [0, 0.05) is 10.9 Å². The average Bonchev–Trinajstić information content (AvgIpc) is 3.01. The Balaban J connectivity index is 2.07. The van der Waals surface area contributed by atoms with Crippen molar-refractivity contribution in [2.75, 3.05) is 20.2 Å². The van der Waals surface area contributed by atoms with Crippen LogP contribution < -0.4 is 4.74 Å². The molecule has 2 aromatic rings. The van der Waals surface area contributed by atoms with Crippen molar-refractivity contribution in [3.63, 3.8) is 0 Å². The molecule has 3 nitrogen and oxygen atoms in total. The molecule has 0 aliphatic heterocycles. The maximum absolute atomic E-state index is 12.5. The Bertz CT molecular complexity index is 580. The zero-order valence-corrected chi connectivity index (χ0v) is 13.5. The molecule has 1 aromatic heterocycles. The molecule has 0 N–H and O–H groups in total. The van der Waals surface area contributed by atoms with Crippen LogP contribution in [0.3, 0.4) is 0 Å². The predicted octanol–water partition coefficient (Wildman–Crippen LogP) is 4.02. The molecular weight excluding hydrogens is 282 g/mol. The minimum Gasteiger partial charge on any atom is -0.493 e. The summed E-state index contributed by atoms with van der Waals surface area (Å²) in [5.41, 5.74) is 0.657. The number of ether oxygens (including phenoxy) is 1. The number of Topliss-reactive ketones (excluding diaryl/α,β-unsaturated/α-hetero) is 1. The Labute approximate surface area is 130 Å². The molecule has 1 atom stereocenters. The Morgan fingerprint density at radius 3 is 2.71 bits per heavy atom. The number of carbonyl (C=O) groups excluding carboxylic acids is 1. The molecule has 2 rings (SSSR count). The molecule has 1 heterocycles. The van der Waals surface area contributed by atoms with Crippen LogP contribution in [0.2, 0.25) is 0 Å². The van der Waals surface area contributed by atoms with E-state index in [1.807, 2.05) is 44.3 Å². The molecule has 4 heteroatoms. The molecule has 0 saturated carbocycles. The van der Waals surface area contributed by atoms with Gasteiger partial charge in [-0.25, -0.2) is 0 Å². The first-order valence-corrected chi connectivity index (χ1v) is 8.00. The quantitative estimate of drug-likeness (QED) is 0.723. The number of benzene rings is 1. The first-order valence-electron chi connectivity index (χ1n) is 7.12. The number of likely N-dealkylation sites (N-methyl/N-ethyl adjacent to an activating group) is 1. The summed E-state index contributed by atoms with van der Waals surface area (Å²) in [7, 11) is 1.98. The van der Waals surface area contributed by atoms with Crippen LogP contribution in [0.15, 0.2) is 41.8 Å². The van der Waals surface area contributed by atoms with E-state index in [4.69, 9.17) is 4.74 Å².